The Morgan fingerprint density at radius 3 is 3.08 bits per heavy atom. The molecule has 0 fully saturated rings. The number of nitrogens with zero attached hydrogens (tertiary/aromatic N) is 3. The van der Waals surface area contributed by atoms with Crippen LogP contribution in [0.1, 0.15) is 12.8 Å². The summed E-state index contributed by atoms with van der Waals surface area (Å²) >= 11 is 1.40. The Hall–Kier alpha value is -1.24. The van der Waals surface area contributed by atoms with Crippen molar-refractivity contribution < 1.29 is 9.90 Å². The summed E-state index contributed by atoms with van der Waals surface area (Å²) in [6.45, 7) is 0. The van der Waals surface area contributed by atoms with E-state index in [4.69, 9.17) is 10.9 Å². The Kier molecular flexibility index (Phi) is 3.56. The molecule has 1 aromatic heterocycles. The highest BCUT2D eigenvalue weighted by atomic mass is 32.2. The predicted octanol–water partition coefficient (Wildman–Crippen LogP) is -0.0512. The summed E-state index contributed by atoms with van der Waals surface area (Å²) in [5, 5.41) is 16.3. The Bertz CT molecular complexity index is 288. The molecule has 1 aromatic rings. The van der Waals surface area contributed by atoms with Crippen molar-refractivity contribution in [1.29, 1.82) is 0 Å². The molecule has 0 aliphatic heterocycles. The number of carbonyl (C=O) groups is 1. The van der Waals surface area contributed by atoms with Crippen LogP contribution in [0.25, 0.3) is 0 Å². The summed E-state index contributed by atoms with van der Waals surface area (Å²) in [7, 11) is 0. The lowest BCUT2D eigenvalue weighted by Crippen LogP contribution is -2.07. The quantitative estimate of drug-likeness (QED) is 0.395. The molecule has 7 heteroatoms. The number of thioether (sulfide) groups is 1. The zero-order valence-electron chi connectivity index (χ0n) is 6.88. The van der Waals surface area contributed by atoms with E-state index in [1.807, 2.05) is 0 Å². The molecule has 0 aliphatic carbocycles. The highest BCUT2D eigenvalue weighted by molar-refractivity contribution is 7.99. The van der Waals surface area contributed by atoms with E-state index in [-0.39, 0.29) is 6.42 Å². The SMILES string of the molecule is Nn1cnnc1SCCCC(=O)O. The van der Waals surface area contributed by atoms with Crippen LogP contribution in [-0.2, 0) is 4.79 Å². The first-order chi connectivity index (χ1) is 6.20. The molecule has 1 heterocycles. The van der Waals surface area contributed by atoms with Crippen molar-refractivity contribution in [1.82, 2.24) is 14.9 Å². The van der Waals surface area contributed by atoms with E-state index < -0.39 is 5.97 Å². The number of aromatic nitrogens is 3. The van der Waals surface area contributed by atoms with Crippen molar-refractivity contribution in [3.8, 4) is 0 Å². The molecule has 0 atom stereocenters. The molecule has 0 unspecified atom stereocenters. The van der Waals surface area contributed by atoms with Crippen LogP contribution in [0.4, 0.5) is 0 Å². The summed E-state index contributed by atoms with van der Waals surface area (Å²) in [5.74, 6) is 5.34. The van der Waals surface area contributed by atoms with Gasteiger partial charge in [-0.1, -0.05) is 11.8 Å². The molecule has 0 saturated heterocycles. The topological polar surface area (TPSA) is 94.0 Å². The molecule has 72 valence electrons. The van der Waals surface area contributed by atoms with Gasteiger partial charge in [-0.05, 0) is 6.42 Å². The van der Waals surface area contributed by atoms with E-state index in [2.05, 4.69) is 10.2 Å². The number of hydrogen-bond donors (Lipinski definition) is 2. The fraction of sp³-hybridized carbons (Fsp3) is 0.500. The first kappa shape index (κ1) is 9.85. The Labute approximate surface area is 79.1 Å². The van der Waals surface area contributed by atoms with E-state index in [0.717, 1.165) is 0 Å². The maximum absolute atomic E-state index is 10.2. The molecule has 0 saturated carbocycles. The van der Waals surface area contributed by atoms with Crippen LogP contribution < -0.4 is 5.84 Å². The number of carboxylic acid groups (broad SMARTS) is 1. The van der Waals surface area contributed by atoms with Gasteiger partial charge in [-0.3, -0.25) is 4.79 Å². The zero-order chi connectivity index (χ0) is 9.68. The van der Waals surface area contributed by atoms with Gasteiger partial charge in [0, 0.05) is 12.2 Å². The first-order valence-electron chi connectivity index (χ1n) is 3.70. The van der Waals surface area contributed by atoms with Crippen molar-refractivity contribution >= 4 is 17.7 Å². The van der Waals surface area contributed by atoms with E-state index in [0.29, 0.717) is 17.3 Å². The highest BCUT2D eigenvalue weighted by Gasteiger charge is 2.02. The van der Waals surface area contributed by atoms with Crippen LogP contribution in [0.2, 0.25) is 0 Å². The molecule has 1 rings (SSSR count). The summed E-state index contributed by atoms with van der Waals surface area (Å²) in [6.07, 6.45) is 2.18. The Morgan fingerprint density at radius 2 is 2.54 bits per heavy atom. The second kappa shape index (κ2) is 4.70. The van der Waals surface area contributed by atoms with Gasteiger partial charge in [-0.15, -0.1) is 10.2 Å². The Morgan fingerprint density at radius 1 is 1.77 bits per heavy atom. The van der Waals surface area contributed by atoms with Crippen molar-refractivity contribution in [3.63, 3.8) is 0 Å². The molecule has 0 spiro atoms. The number of aliphatic carboxylic acids is 1. The molecule has 0 aliphatic rings. The number of rotatable bonds is 5. The molecule has 6 nitrogen and oxygen atoms in total. The number of nitrogen functional groups attached to an aromatic ring is 1. The van der Waals surface area contributed by atoms with Crippen LogP contribution >= 0.6 is 11.8 Å². The average Bonchev–Trinajstić information content (AvgIpc) is 2.45. The molecular formula is C6H10N4O2S. The molecule has 3 N–H and O–H groups in total. The van der Waals surface area contributed by atoms with E-state index in [1.165, 1.54) is 22.8 Å². The predicted molar refractivity (Wildman–Crippen MR) is 47.8 cm³/mol. The molecule has 13 heavy (non-hydrogen) atoms. The van der Waals surface area contributed by atoms with Crippen LogP contribution in [-0.4, -0.2) is 31.7 Å². The zero-order valence-corrected chi connectivity index (χ0v) is 7.70. The van der Waals surface area contributed by atoms with Gasteiger partial charge in [0.25, 0.3) is 0 Å². The van der Waals surface area contributed by atoms with E-state index in [1.54, 1.807) is 0 Å². The lowest BCUT2D eigenvalue weighted by molar-refractivity contribution is -0.137. The average molecular weight is 202 g/mol. The maximum atomic E-state index is 10.2. The Balaban J connectivity index is 2.20. The van der Waals surface area contributed by atoms with Gasteiger partial charge in [0.05, 0.1) is 0 Å². The summed E-state index contributed by atoms with van der Waals surface area (Å²) in [5.41, 5.74) is 0. The monoisotopic (exact) mass is 202 g/mol. The maximum Gasteiger partial charge on any atom is 0.303 e. The van der Waals surface area contributed by atoms with Gasteiger partial charge in [0.15, 0.2) is 0 Å². The summed E-state index contributed by atoms with van der Waals surface area (Å²) in [4.78, 5) is 10.2. The van der Waals surface area contributed by atoms with Gasteiger partial charge in [0.2, 0.25) is 5.16 Å². The number of hydrogen-bond acceptors (Lipinski definition) is 5. The van der Waals surface area contributed by atoms with Gasteiger partial charge in [0.1, 0.15) is 6.33 Å². The number of carboxylic acids is 1. The van der Waals surface area contributed by atoms with Gasteiger partial charge < -0.3 is 10.9 Å². The fourth-order valence-electron chi connectivity index (χ4n) is 0.722. The van der Waals surface area contributed by atoms with Gasteiger partial charge in [-0.25, -0.2) is 4.68 Å². The minimum atomic E-state index is -0.783. The third kappa shape index (κ3) is 3.32. The summed E-state index contributed by atoms with van der Waals surface area (Å²) in [6, 6.07) is 0. The van der Waals surface area contributed by atoms with E-state index in [9.17, 15) is 4.79 Å². The van der Waals surface area contributed by atoms with Crippen LogP contribution in [0.3, 0.4) is 0 Å². The molecular weight excluding hydrogens is 192 g/mol. The smallest absolute Gasteiger partial charge is 0.303 e. The summed E-state index contributed by atoms with van der Waals surface area (Å²) < 4.78 is 1.31. The standard InChI is InChI=1S/C6H10N4O2S/c7-10-4-8-9-6(10)13-3-1-2-5(11)12/h4H,1-3,7H2,(H,11,12). The second-order valence-electron chi connectivity index (χ2n) is 2.37. The largest absolute Gasteiger partial charge is 0.481 e. The van der Waals surface area contributed by atoms with Crippen molar-refractivity contribution in [2.45, 2.75) is 18.0 Å². The highest BCUT2D eigenvalue weighted by Crippen LogP contribution is 2.13. The molecule has 0 radical (unpaired) electrons. The van der Waals surface area contributed by atoms with Gasteiger partial charge in [-0.2, -0.15) is 0 Å². The number of nitrogens with two attached hydrogens (primary N) is 1. The lowest BCUT2D eigenvalue weighted by atomic mass is 10.3. The van der Waals surface area contributed by atoms with Crippen molar-refractivity contribution in [3.05, 3.63) is 6.33 Å². The lowest BCUT2D eigenvalue weighted by Gasteiger charge is -1.97. The normalized spacial score (nSPS) is 10.2. The molecule has 0 aromatic carbocycles. The molecule has 0 bridgehead atoms. The first-order valence-corrected chi connectivity index (χ1v) is 4.68. The van der Waals surface area contributed by atoms with Crippen molar-refractivity contribution in [2.24, 2.45) is 0 Å². The second-order valence-corrected chi connectivity index (χ2v) is 3.43. The molecule has 0 amide bonds. The minimum Gasteiger partial charge on any atom is -0.481 e. The third-order valence-corrected chi connectivity index (χ3v) is 2.35. The van der Waals surface area contributed by atoms with Crippen LogP contribution in [0.15, 0.2) is 11.5 Å². The third-order valence-electron chi connectivity index (χ3n) is 1.31. The van der Waals surface area contributed by atoms with Crippen LogP contribution in [0.5, 0.6) is 0 Å². The van der Waals surface area contributed by atoms with Crippen molar-refractivity contribution in [2.75, 3.05) is 11.6 Å². The van der Waals surface area contributed by atoms with Gasteiger partial charge >= 0.3 is 5.97 Å². The van der Waals surface area contributed by atoms with Crippen LogP contribution in [0, 0.1) is 0 Å². The minimum absolute atomic E-state index is 0.172. The van der Waals surface area contributed by atoms with E-state index >= 15 is 0 Å². The fourth-order valence-corrected chi connectivity index (χ4v) is 1.49.